The van der Waals surface area contributed by atoms with Gasteiger partial charge in [-0.2, -0.15) is 0 Å². The van der Waals surface area contributed by atoms with Crippen molar-refractivity contribution in [3.05, 3.63) is 36.5 Å². The predicted molar refractivity (Wildman–Crippen MR) is 102 cm³/mol. The van der Waals surface area contributed by atoms with Gasteiger partial charge < -0.3 is 30.2 Å². The van der Waals surface area contributed by atoms with Gasteiger partial charge >= 0.3 is 6.03 Å². The molecule has 0 saturated heterocycles. The van der Waals surface area contributed by atoms with Crippen LogP contribution >= 0.6 is 0 Å². The van der Waals surface area contributed by atoms with Crippen LogP contribution < -0.4 is 25.4 Å². The number of pyridine rings is 1. The van der Waals surface area contributed by atoms with Crippen molar-refractivity contribution in [3.63, 3.8) is 0 Å². The summed E-state index contributed by atoms with van der Waals surface area (Å²) in [5, 5.41) is 8.00. The molecule has 0 atom stereocenters. The third kappa shape index (κ3) is 6.48. The first kappa shape index (κ1) is 20.0. The molecule has 3 N–H and O–H groups in total. The largest absolute Gasteiger partial charge is 0.494 e. The number of anilines is 3. The zero-order chi connectivity index (χ0) is 19.6. The lowest BCUT2D eigenvalue weighted by molar-refractivity contribution is -0.114. The van der Waals surface area contributed by atoms with Crippen LogP contribution in [0, 0.1) is 0 Å². The molecule has 0 unspecified atom stereocenters. The van der Waals surface area contributed by atoms with Gasteiger partial charge in [0.15, 0.2) is 0 Å². The van der Waals surface area contributed by atoms with E-state index >= 15 is 0 Å². The quantitative estimate of drug-likeness (QED) is 0.613. The Kier molecular flexibility index (Phi) is 7.38. The highest BCUT2D eigenvalue weighted by Gasteiger charge is 2.09. The molecule has 0 aliphatic heterocycles. The number of methoxy groups -OCH3 is 2. The molecule has 2 aromatic rings. The Balaban J connectivity index is 1.94. The van der Waals surface area contributed by atoms with Crippen molar-refractivity contribution in [2.75, 3.05) is 43.4 Å². The number of amides is 3. The van der Waals surface area contributed by atoms with E-state index in [0.717, 1.165) is 0 Å². The summed E-state index contributed by atoms with van der Waals surface area (Å²) >= 11 is 0. The fourth-order valence-electron chi connectivity index (χ4n) is 2.12. The highest BCUT2D eigenvalue weighted by atomic mass is 16.5. The summed E-state index contributed by atoms with van der Waals surface area (Å²) in [5.41, 5.74) is 1.53. The van der Waals surface area contributed by atoms with Gasteiger partial charge in [-0.25, -0.2) is 9.78 Å². The molecular formula is C18H22N4O5. The van der Waals surface area contributed by atoms with Gasteiger partial charge in [-0.1, -0.05) is 0 Å². The number of aromatic nitrogens is 1. The van der Waals surface area contributed by atoms with Crippen LogP contribution in [0.15, 0.2) is 36.5 Å². The molecule has 0 saturated carbocycles. The number of nitrogens with one attached hydrogen (secondary N) is 3. The van der Waals surface area contributed by atoms with Crippen molar-refractivity contribution < 1.29 is 23.8 Å². The Morgan fingerprint density at radius 1 is 1.00 bits per heavy atom. The van der Waals surface area contributed by atoms with Crippen molar-refractivity contribution in [3.8, 4) is 11.6 Å². The van der Waals surface area contributed by atoms with Gasteiger partial charge in [-0.3, -0.25) is 4.79 Å². The third-order valence-electron chi connectivity index (χ3n) is 3.30. The third-order valence-corrected chi connectivity index (χ3v) is 3.30. The number of hydrogen-bond donors (Lipinski definition) is 3. The van der Waals surface area contributed by atoms with E-state index in [2.05, 4.69) is 20.9 Å². The molecule has 9 nitrogen and oxygen atoms in total. The second-order valence-electron chi connectivity index (χ2n) is 5.40. The first-order chi connectivity index (χ1) is 13.0. The first-order valence-corrected chi connectivity index (χ1v) is 8.13. The number of benzene rings is 1. The van der Waals surface area contributed by atoms with Gasteiger partial charge in [0, 0.05) is 31.9 Å². The normalized spacial score (nSPS) is 10.0. The maximum absolute atomic E-state index is 12.1. The highest BCUT2D eigenvalue weighted by molar-refractivity contribution is 6.00. The molecule has 9 heteroatoms. The van der Waals surface area contributed by atoms with E-state index in [0.29, 0.717) is 41.9 Å². The molecular weight excluding hydrogens is 352 g/mol. The zero-order valence-electron chi connectivity index (χ0n) is 15.4. The molecule has 0 bridgehead atoms. The standard InChI is InChI=1S/C18H22N4O5/c1-12(23)20-15-6-4-13(10-16(15)26-3)21-18(24)22-14-5-7-17(19-11-14)27-9-8-25-2/h4-7,10-11H,8-9H2,1-3H3,(H,20,23)(H2,21,22,24). The lowest BCUT2D eigenvalue weighted by Crippen LogP contribution is -2.19. The molecule has 0 aliphatic rings. The summed E-state index contributed by atoms with van der Waals surface area (Å²) in [6, 6.07) is 7.78. The SMILES string of the molecule is COCCOc1ccc(NC(=O)Nc2ccc(NC(C)=O)c(OC)c2)cn1. The second-order valence-corrected chi connectivity index (χ2v) is 5.40. The average Bonchev–Trinajstić information content (AvgIpc) is 2.64. The van der Waals surface area contributed by atoms with E-state index in [9.17, 15) is 9.59 Å². The van der Waals surface area contributed by atoms with E-state index in [1.54, 1.807) is 37.4 Å². The summed E-state index contributed by atoms with van der Waals surface area (Å²) < 4.78 is 15.5. The molecule has 0 aliphatic carbocycles. The van der Waals surface area contributed by atoms with Crippen LogP contribution in [0.5, 0.6) is 11.6 Å². The van der Waals surface area contributed by atoms with Crippen LogP contribution in [-0.2, 0) is 9.53 Å². The van der Waals surface area contributed by atoms with E-state index in [1.807, 2.05) is 0 Å². The minimum atomic E-state index is -0.445. The molecule has 27 heavy (non-hydrogen) atoms. The highest BCUT2D eigenvalue weighted by Crippen LogP contribution is 2.28. The van der Waals surface area contributed by atoms with Crippen molar-refractivity contribution in [2.45, 2.75) is 6.92 Å². The van der Waals surface area contributed by atoms with Crippen molar-refractivity contribution >= 4 is 29.0 Å². The Morgan fingerprint density at radius 2 is 1.74 bits per heavy atom. The monoisotopic (exact) mass is 374 g/mol. The minimum Gasteiger partial charge on any atom is -0.494 e. The maximum Gasteiger partial charge on any atom is 0.323 e. The summed E-state index contributed by atoms with van der Waals surface area (Å²) in [7, 11) is 3.07. The Morgan fingerprint density at radius 3 is 2.37 bits per heavy atom. The van der Waals surface area contributed by atoms with E-state index < -0.39 is 6.03 Å². The van der Waals surface area contributed by atoms with E-state index in [1.165, 1.54) is 20.2 Å². The first-order valence-electron chi connectivity index (χ1n) is 8.13. The topological polar surface area (TPSA) is 111 Å². The number of urea groups is 1. The Labute approximate surface area is 157 Å². The predicted octanol–water partition coefficient (Wildman–Crippen LogP) is 2.72. The van der Waals surface area contributed by atoms with Gasteiger partial charge in [0.25, 0.3) is 0 Å². The van der Waals surface area contributed by atoms with Gasteiger partial charge in [0.1, 0.15) is 12.4 Å². The molecule has 3 amide bonds. The molecule has 0 fully saturated rings. The van der Waals surface area contributed by atoms with E-state index in [4.69, 9.17) is 14.2 Å². The van der Waals surface area contributed by atoms with Gasteiger partial charge in [0.05, 0.1) is 31.3 Å². The summed E-state index contributed by atoms with van der Waals surface area (Å²) in [5.74, 6) is 0.660. The summed E-state index contributed by atoms with van der Waals surface area (Å²) in [4.78, 5) is 27.4. The van der Waals surface area contributed by atoms with Crippen LogP contribution in [-0.4, -0.2) is 44.4 Å². The van der Waals surface area contributed by atoms with Crippen LogP contribution in [0.1, 0.15) is 6.92 Å². The van der Waals surface area contributed by atoms with Crippen LogP contribution in [0.25, 0.3) is 0 Å². The second kappa shape index (κ2) is 9.97. The van der Waals surface area contributed by atoms with E-state index in [-0.39, 0.29) is 5.91 Å². The van der Waals surface area contributed by atoms with Gasteiger partial charge in [0.2, 0.25) is 11.8 Å². The molecule has 0 spiro atoms. The van der Waals surface area contributed by atoms with Crippen LogP contribution in [0.2, 0.25) is 0 Å². The zero-order valence-corrected chi connectivity index (χ0v) is 15.4. The van der Waals surface area contributed by atoms with Crippen LogP contribution in [0.4, 0.5) is 21.9 Å². The average molecular weight is 374 g/mol. The van der Waals surface area contributed by atoms with Crippen molar-refractivity contribution in [2.24, 2.45) is 0 Å². The van der Waals surface area contributed by atoms with Gasteiger partial charge in [-0.15, -0.1) is 0 Å². The van der Waals surface area contributed by atoms with Crippen molar-refractivity contribution in [1.82, 2.24) is 4.98 Å². The number of hydrogen-bond acceptors (Lipinski definition) is 6. The number of carbonyl (C=O) groups is 2. The molecule has 144 valence electrons. The Bertz CT molecular complexity index is 780. The fraction of sp³-hybridized carbons (Fsp3) is 0.278. The summed E-state index contributed by atoms with van der Waals surface area (Å²) in [6.07, 6.45) is 1.49. The lowest BCUT2D eigenvalue weighted by atomic mass is 10.2. The number of rotatable bonds is 8. The molecule has 2 rings (SSSR count). The smallest absolute Gasteiger partial charge is 0.323 e. The fourth-order valence-corrected chi connectivity index (χ4v) is 2.12. The summed E-state index contributed by atoms with van der Waals surface area (Å²) in [6.45, 7) is 2.27. The molecule has 0 radical (unpaired) electrons. The molecule has 1 aromatic heterocycles. The maximum atomic E-state index is 12.1. The Hall–Kier alpha value is -3.33. The van der Waals surface area contributed by atoms with Crippen LogP contribution in [0.3, 0.4) is 0 Å². The lowest BCUT2D eigenvalue weighted by Gasteiger charge is -2.12. The number of nitrogens with zero attached hydrogens (tertiary/aromatic N) is 1. The minimum absolute atomic E-state index is 0.214. The number of carbonyl (C=O) groups excluding carboxylic acids is 2. The van der Waals surface area contributed by atoms with Crippen molar-refractivity contribution in [1.29, 1.82) is 0 Å². The molecule has 1 heterocycles. The molecule has 1 aromatic carbocycles. The van der Waals surface area contributed by atoms with Gasteiger partial charge in [-0.05, 0) is 18.2 Å². The number of ether oxygens (including phenoxy) is 3.